The van der Waals surface area contributed by atoms with Crippen LogP contribution >= 0.6 is 0 Å². The van der Waals surface area contributed by atoms with E-state index in [9.17, 15) is 9.90 Å². The molecule has 0 bridgehead atoms. The molecular formula is C13H24N2O3. The van der Waals surface area contributed by atoms with Crippen molar-refractivity contribution in [3.05, 3.63) is 0 Å². The third-order valence-corrected chi connectivity index (χ3v) is 4.41. The molecule has 1 heterocycles. The monoisotopic (exact) mass is 256 g/mol. The molecule has 5 nitrogen and oxygen atoms in total. The third kappa shape index (κ3) is 2.68. The van der Waals surface area contributed by atoms with E-state index in [1.54, 1.807) is 0 Å². The van der Waals surface area contributed by atoms with Crippen molar-refractivity contribution in [2.24, 2.45) is 5.73 Å². The van der Waals surface area contributed by atoms with Gasteiger partial charge in [-0.2, -0.15) is 0 Å². The van der Waals surface area contributed by atoms with Gasteiger partial charge in [-0.25, -0.2) is 0 Å². The van der Waals surface area contributed by atoms with Crippen LogP contribution in [-0.2, 0) is 9.53 Å². The number of amides is 1. The number of ether oxygens (including phenoxy) is 1. The maximum atomic E-state index is 12.1. The van der Waals surface area contributed by atoms with Crippen molar-refractivity contribution in [3.63, 3.8) is 0 Å². The van der Waals surface area contributed by atoms with Gasteiger partial charge >= 0.3 is 0 Å². The molecule has 1 saturated heterocycles. The Morgan fingerprint density at radius 3 is 2.61 bits per heavy atom. The summed E-state index contributed by atoms with van der Waals surface area (Å²) in [4.78, 5) is 12.1. The van der Waals surface area contributed by atoms with E-state index in [4.69, 9.17) is 10.5 Å². The molecule has 0 aromatic heterocycles. The molecule has 5 heteroatoms. The van der Waals surface area contributed by atoms with Crippen molar-refractivity contribution in [1.29, 1.82) is 0 Å². The highest BCUT2D eigenvalue weighted by Crippen LogP contribution is 2.27. The van der Waals surface area contributed by atoms with E-state index in [1.165, 1.54) is 0 Å². The molecule has 0 aromatic carbocycles. The first-order valence-corrected chi connectivity index (χ1v) is 6.87. The fraction of sp³-hybridized carbons (Fsp3) is 0.923. The van der Waals surface area contributed by atoms with Crippen LogP contribution in [0.1, 0.15) is 45.4 Å². The predicted octanol–water partition coefficient (Wildman–Crippen LogP) is 0.304. The fourth-order valence-corrected chi connectivity index (χ4v) is 2.82. The zero-order valence-corrected chi connectivity index (χ0v) is 11.1. The number of carbonyl (C=O) groups excluding carboxylic acids is 1. The van der Waals surface area contributed by atoms with Crippen molar-refractivity contribution < 1.29 is 14.6 Å². The normalized spacial score (nSPS) is 35.4. The molecule has 2 atom stereocenters. The summed E-state index contributed by atoms with van der Waals surface area (Å²) in [6, 6.07) is 0. The van der Waals surface area contributed by atoms with Gasteiger partial charge in [0.15, 0.2) is 0 Å². The number of hydrogen-bond donors (Lipinski definition) is 3. The molecule has 1 saturated carbocycles. The van der Waals surface area contributed by atoms with E-state index in [0.717, 1.165) is 32.1 Å². The Hall–Kier alpha value is -0.650. The van der Waals surface area contributed by atoms with Crippen LogP contribution in [0, 0.1) is 0 Å². The molecule has 2 aliphatic rings. The Kier molecular flexibility index (Phi) is 3.94. The minimum absolute atomic E-state index is 0.130. The summed E-state index contributed by atoms with van der Waals surface area (Å²) in [5, 5.41) is 13.1. The molecule has 104 valence electrons. The second-order valence-corrected chi connectivity index (χ2v) is 5.77. The first kappa shape index (κ1) is 13.8. The van der Waals surface area contributed by atoms with Crippen molar-refractivity contribution in [2.75, 3.05) is 13.2 Å². The van der Waals surface area contributed by atoms with Gasteiger partial charge in [-0.05, 0) is 19.8 Å². The fourth-order valence-electron chi connectivity index (χ4n) is 2.82. The van der Waals surface area contributed by atoms with Crippen LogP contribution in [0.3, 0.4) is 0 Å². The number of hydrogen-bond acceptors (Lipinski definition) is 4. The molecule has 1 amide bonds. The van der Waals surface area contributed by atoms with E-state index in [2.05, 4.69) is 5.32 Å². The first-order chi connectivity index (χ1) is 8.46. The van der Waals surface area contributed by atoms with Gasteiger partial charge in [-0.3, -0.25) is 4.79 Å². The summed E-state index contributed by atoms with van der Waals surface area (Å²) in [5.41, 5.74) is 4.46. The maximum absolute atomic E-state index is 12.1. The topological polar surface area (TPSA) is 84.6 Å². The van der Waals surface area contributed by atoms with Crippen molar-refractivity contribution in [2.45, 2.75) is 62.7 Å². The zero-order chi connectivity index (χ0) is 13.2. The van der Waals surface area contributed by atoms with Crippen LogP contribution in [0.2, 0.25) is 0 Å². The van der Waals surface area contributed by atoms with Gasteiger partial charge in [-0.1, -0.05) is 19.3 Å². The lowest BCUT2D eigenvalue weighted by molar-refractivity contribution is -0.129. The summed E-state index contributed by atoms with van der Waals surface area (Å²) < 4.78 is 5.34. The van der Waals surface area contributed by atoms with Crippen LogP contribution in [0.5, 0.6) is 0 Å². The van der Waals surface area contributed by atoms with Gasteiger partial charge in [-0.15, -0.1) is 0 Å². The minimum atomic E-state index is -0.944. The molecule has 18 heavy (non-hydrogen) atoms. The van der Waals surface area contributed by atoms with Gasteiger partial charge in [0.2, 0.25) is 5.91 Å². The van der Waals surface area contributed by atoms with Gasteiger partial charge in [0.1, 0.15) is 5.60 Å². The molecular weight excluding hydrogens is 232 g/mol. The van der Waals surface area contributed by atoms with E-state index in [0.29, 0.717) is 13.0 Å². The summed E-state index contributed by atoms with van der Waals surface area (Å²) >= 11 is 0. The van der Waals surface area contributed by atoms with Crippen LogP contribution in [0.15, 0.2) is 0 Å². The number of rotatable bonds is 3. The van der Waals surface area contributed by atoms with Crippen molar-refractivity contribution in [3.8, 4) is 0 Å². The Bertz CT molecular complexity index is 315. The first-order valence-electron chi connectivity index (χ1n) is 6.87. The van der Waals surface area contributed by atoms with Crippen LogP contribution in [0.4, 0.5) is 0 Å². The summed E-state index contributed by atoms with van der Waals surface area (Å²) in [6.07, 6.45) is 4.97. The van der Waals surface area contributed by atoms with E-state index in [1.807, 2.05) is 6.92 Å². The number of carbonyl (C=O) groups is 1. The lowest BCUT2D eigenvalue weighted by Gasteiger charge is -2.34. The molecule has 0 spiro atoms. The quantitative estimate of drug-likeness (QED) is 0.678. The SMILES string of the molecule is CC1OCCC1(O)CNC(=O)C1(N)CCCCC1. The van der Waals surface area contributed by atoms with E-state index in [-0.39, 0.29) is 18.6 Å². The van der Waals surface area contributed by atoms with Crippen molar-refractivity contribution >= 4 is 5.91 Å². The highest BCUT2D eigenvalue weighted by atomic mass is 16.5. The number of aliphatic hydroxyl groups is 1. The van der Waals surface area contributed by atoms with Crippen LogP contribution < -0.4 is 11.1 Å². The van der Waals surface area contributed by atoms with Gasteiger partial charge < -0.3 is 20.9 Å². The Morgan fingerprint density at radius 1 is 1.39 bits per heavy atom. The zero-order valence-electron chi connectivity index (χ0n) is 11.1. The third-order valence-electron chi connectivity index (χ3n) is 4.41. The molecule has 2 fully saturated rings. The highest BCUT2D eigenvalue weighted by molar-refractivity contribution is 5.86. The standard InChI is InChI=1S/C13H24N2O3/c1-10-13(17,7-8-18-10)9-15-11(16)12(14)5-3-2-4-6-12/h10,17H,2-9,14H2,1H3,(H,15,16). The molecule has 4 N–H and O–H groups in total. The van der Waals surface area contributed by atoms with Crippen molar-refractivity contribution in [1.82, 2.24) is 5.32 Å². The average Bonchev–Trinajstić information content (AvgIpc) is 2.68. The predicted molar refractivity (Wildman–Crippen MR) is 68.0 cm³/mol. The summed E-state index contributed by atoms with van der Waals surface area (Å²) in [5.74, 6) is -0.130. The lowest BCUT2D eigenvalue weighted by atomic mass is 9.81. The molecule has 0 aromatic rings. The van der Waals surface area contributed by atoms with Gasteiger partial charge in [0, 0.05) is 19.6 Å². The smallest absolute Gasteiger partial charge is 0.240 e. The number of nitrogens with one attached hydrogen (secondary N) is 1. The molecule has 2 rings (SSSR count). The Morgan fingerprint density at radius 2 is 2.06 bits per heavy atom. The van der Waals surface area contributed by atoms with Crippen LogP contribution in [0.25, 0.3) is 0 Å². The average molecular weight is 256 g/mol. The summed E-state index contributed by atoms with van der Waals surface area (Å²) in [6.45, 7) is 2.60. The number of nitrogens with two attached hydrogens (primary N) is 1. The van der Waals surface area contributed by atoms with E-state index < -0.39 is 11.1 Å². The molecule has 1 aliphatic heterocycles. The maximum Gasteiger partial charge on any atom is 0.240 e. The Balaban J connectivity index is 1.88. The van der Waals surface area contributed by atoms with Crippen LogP contribution in [-0.4, -0.2) is 41.4 Å². The largest absolute Gasteiger partial charge is 0.385 e. The molecule has 0 radical (unpaired) electrons. The Labute approximate surface area is 108 Å². The second kappa shape index (κ2) is 5.15. The van der Waals surface area contributed by atoms with E-state index >= 15 is 0 Å². The molecule has 2 unspecified atom stereocenters. The van der Waals surface area contributed by atoms with Gasteiger partial charge in [0.25, 0.3) is 0 Å². The minimum Gasteiger partial charge on any atom is -0.385 e. The summed E-state index contributed by atoms with van der Waals surface area (Å²) in [7, 11) is 0. The highest BCUT2D eigenvalue weighted by Gasteiger charge is 2.42. The molecule has 1 aliphatic carbocycles. The van der Waals surface area contributed by atoms with Gasteiger partial charge in [0.05, 0.1) is 11.6 Å². The lowest BCUT2D eigenvalue weighted by Crippen LogP contribution is -2.58. The second-order valence-electron chi connectivity index (χ2n) is 5.77.